The van der Waals surface area contributed by atoms with E-state index in [1.807, 2.05) is 66.2 Å². The van der Waals surface area contributed by atoms with Gasteiger partial charge in [0.2, 0.25) is 5.91 Å². The molecule has 31 heavy (non-hydrogen) atoms. The summed E-state index contributed by atoms with van der Waals surface area (Å²) in [5.41, 5.74) is 3.48. The molecule has 0 fully saturated rings. The molecule has 1 heterocycles. The van der Waals surface area contributed by atoms with E-state index in [9.17, 15) is 9.18 Å². The Kier molecular flexibility index (Phi) is 6.17. The monoisotopic (exact) mass is 414 g/mol. The van der Waals surface area contributed by atoms with Gasteiger partial charge in [0.15, 0.2) is 11.6 Å². The molecule has 1 amide bonds. The first-order valence-corrected chi connectivity index (χ1v) is 10.3. The first-order valence-electron chi connectivity index (χ1n) is 10.3. The molecule has 4 rings (SSSR count). The number of aromatic nitrogens is 3. The van der Waals surface area contributed by atoms with Crippen LogP contribution in [0.15, 0.2) is 78.9 Å². The minimum atomic E-state index is -0.266. The van der Waals surface area contributed by atoms with Crippen LogP contribution < -0.4 is 5.32 Å². The van der Waals surface area contributed by atoms with Gasteiger partial charge in [0.05, 0.1) is 6.54 Å². The minimum absolute atomic E-state index is 0.00307. The zero-order chi connectivity index (χ0) is 21.6. The van der Waals surface area contributed by atoms with Crippen LogP contribution in [0.25, 0.3) is 22.8 Å². The first-order chi connectivity index (χ1) is 15.1. The largest absolute Gasteiger partial charge is 0.326 e. The first kappa shape index (κ1) is 20.5. The SMILES string of the molecule is CCCC(=O)Nc1ccc(-c2nc(-c3ccccc3)n(Cc3ccc(F)cc3)n2)cc1. The number of benzene rings is 3. The van der Waals surface area contributed by atoms with Crippen LogP contribution in [0.2, 0.25) is 0 Å². The number of nitrogens with one attached hydrogen (secondary N) is 1. The molecule has 4 aromatic rings. The summed E-state index contributed by atoms with van der Waals surface area (Å²) in [7, 11) is 0. The topological polar surface area (TPSA) is 59.8 Å². The third-order valence-electron chi connectivity index (χ3n) is 4.85. The average Bonchev–Trinajstić information content (AvgIpc) is 3.20. The maximum atomic E-state index is 13.3. The lowest BCUT2D eigenvalue weighted by Gasteiger charge is -2.06. The summed E-state index contributed by atoms with van der Waals surface area (Å²) < 4.78 is 15.1. The molecule has 0 unspecified atom stereocenters. The Labute approximate surface area is 180 Å². The Balaban J connectivity index is 1.64. The van der Waals surface area contributed by atoms with Crippen molar-refractivity contribution in [3.63, 3.8) is 0 Å². The molecule has 0 saturated carbocycles. The highest BCUT2D eigenvalue weighted by atomic mass is 19.1. The van der Waals surface area contributed by atoms with Crippen LogP contribution >= 0.6 is 0 Å². The maximum absolute atomic E-state index is 13.3. The van der Waals surface area contributed by atoms with Crippen LogP contribution in [0.3, 0.4) is 0 Å². The van der Waals surface area contributed by atoms with Crippen molar-refractivity contribution in [3.05, 3.63) is 90.2 Å². The molecule has 3 aromatic carbocycles. The molecule has 0 aliphatic rings. The lowest BCUT2D eigenvalue weighted by molar-refractivity contribution is -0.116. The summed E-state index contributed by atoms with van der Waals surface area (Å²) >= 11 is 0. The van der Waals surface area contributed by atoms with Gasteiger partial charge in [0.1, 0.15) is 5.82 Å². The highest BCUT2D eigenvalue weighted by Gasteiger charge is 2.14. The van der Waals surface area contributed by atoms with E-state index < -0.39 is 0 Å². The molecule has 1 aromatic heterocycles. The molecule has 0 spiro atoms. The van der Waals surface area contributed by atoms with Crippen LogP contribution in [0.5, 0.6) is 0 Å². The molecule has 156 valence electrons. The van der Waals surface area contributed by atoms with Gasteiger partial charge in [-0.15, -0.1) is 0 Å². The smallest absolute Gasteiger partial charge is 0.224 e. The number of hydrogen-bond acceptors (Lipinski definition) is 3. The number of rotatable bonds is 7. The van der Waals surface area contributed by atoms with Gasteiger partial charge >= 0.3 is 0 Å². The summed E-state index contributed by atoms with van der Waals surface area (Å²) in [6.45, 7) is 2.45. The minimum Gasteiger partial charge on any atom is -0.326 e. The van der Waals surface area contributed by atoms with Crippen molar-refractivity contribution in [2.24, 2.45) is 0 Å². The molecular formula is C25H23FN4O. The molecule has 0 aliphatic carbocycles. The van der Waals surface area contributed by atoms with Gasteiger partial charge in [-0.1, -0.05) is 49.4 Å². The molecule has 0 saturated heterocycles. The van der Waals surface area contributed by atoms with Gasteiger partial charge in [-0.2, -0.15) is 5.10 Å². The molecule has 0 radical (unpaired) electrons. The summed E-state index contributed by atoms with van der Waals surface area (Å²) in [4.78, 5) is 16.6. The fraction of sp³-hybridized carbons (Fsp3) is 0.160. The highest BCUT2D eigenvalue weighted by molar-refractivity contribution is 5.90. The second kappa shape index (κ2) is 9.34. The van der Waals surface area contributed by atoms with Crippen molar-refractivity contribution in [2.45, 2.75) is 26.3 Å². The Morgan fingerprint density at radius 3 is 2.32 bits per heavy atom. The molecule has 1 N–H and O–H groups in total. The van der Waals surface area contributed by atoms with Crippen LogP contribution in [-0.4, -0.2) is 20.7 Å². The van der Waals surface area contributed by atoms with Crippen molar-refractivity contribution in [1.29, 1.82) is 0 Å². The lowest BCUT2D eigenvalue weighted by atomic mass is 10.2. The molecular weight excluding hydrogens is 391 g/mol. The molecule has 0 aliphatic heterocycles. The molecule has 0 bridgehead atoms. The number of nitrogens with zero attached hydrogens (tertiary/aromatic N) is 3. The van der Waals surface area contributed by atoms with Gasteiger partial charge < -0.3 is 5.32 Å². The zero-order valence-corrected chi connectivity index (χ0v) is 17.3. The van der Waals surface area contributed by atoms with Gasteiger partial charge in [0, 0.05) is 23.2 Å². The van der Waals surface area contributed by atoms with E-state index in [0.717, 1.165) is 34.6 Å². The fourth-order valence-electron chi connectivity index (χ4n) is 3.29. The number of halogens is 1. The van der Waals surface area contributed by atoms with Crippen LogP contribution in [-0.2, 0) is 11.3 Å². The molecule has 0 atom stereocenters. The van der Waals surface area contributed by atoms with Crippen molar-refractivity contribution < 1.29 is 9.18 Å². The zero-order valence-electron chi connectivity index (χ0n) is 17.3. The molecule has 6 heteroatoms. The van der Waals surface area contributed by atoms with Gasteiger partial charge in [-0.3, -0.25) is 4.79 Å². The van der Waals surface area contributed by atoms with Crippen molar-refractivity contribution in [1.82, 2.24) is 14.8 Å². The lowest BCUT2D eigenvalue weighted by Crippen LogP contribution is -2.10. The van der Waals surface area contributed by atoms with E-state index in [2.05, 4.69) is 5.32 Å². The van der Waals surface area contributed by atoms with Gasteiger partial charge in [-0.05, 0) is 48.4 Å². The van der Waals surface area contributed by atoms with Crippen LogP contribution in [0.4, 0.5) is 10.1 Å². The number of anilines is 1. The Hall–Kier alpha value is -3.80. The van der Waals surface area contributed by atoms with Crippen molar-refractivity contribution in [2.75, 3.05) is 5.32 Å². The maximum Gasteiger partial charge on any atom is 0.224 e. The predicted molar refractivity (Wildman–Crippen MR) is 120 cm³/mol. The van der Waals surface area contributed by atoms with Gasteiger partial charge in [0.25, 0.3) is 0 Å². The quantitative estimate of drug-likeness (QED) is 0.432. The van der Waals surface area contributed by atoms with E-state index in [4.69, 9.17) is 10.1 Å². The standard InChI is InChI=1S/C25H23FN4O/c1-2-6-23(31)27-22-15-11-19(12-16-22)24-28-25(20-7-4-3-5-8-20)30(29-24)17-18-9-13-21(26)14-10-18/h3-5,7-16H,2,6,17H2,1H3,(H,27,31). The van der Waals surface area contributed by atoms with E-state index in [-0.39, 0.29) is 11.7 Å². The summed E-state index contributed by atoms with van der Waals surface area (Å²) in [5.74, 6) is 1.06. The summed E-state index contributed by atoms with van der Waals surface area (Å²) in [5, 5.41) is 7.60. The predicted octanol–water partition coefficient (Wildman–Crippen LogP) is 5.54. The third-order valence-corrected chi connectivity index (χ3v) is 4.85. The van der Waals surface area contributed by atoms with Crippen molar-refractivity contribution >= 4 is 11.6 Å². The Bertz CT molecular complexity index is 1150. The fourth-order valence-corrected chi connectivity index (χ4v) is 3.29. The summed E-state index contributed by atoms with van der Waals surface area (Å²) in [6.07, 6.45) is 1.30. The number of carbonyl (C=O) groups is 1. The Morgan fingerprint density at radius 2 is 1.65 bits per heavy atom. The van der Waals surface area contributed by atoms with Crippen LogP contribution in [0.1, 0.15) is 25.3 Å². The van der Waals surface area contributed by atoms with Gasteiger partial charge in [-0.25, -0.2) is 14.1 Å². The number of amides is 1. The Morgan fingerprint density at radius 1 is 0.935 bits per heavy atom. The van der Waals surface area contributed by atoms with Crippen molar-refractivity contribution in [3.8, 4) is 22.8 Å². The van der Waals surface area contributed by atoms with Crippen LogP contribution in [0, 0.1) is 5.82 Å². The second-order valence-electron chi connectivity index (χ2n) is 7.28. The van der Waals surface area contributed by atoms with E-state index in [1.54, 1.807) is 12.1 Å². The average molecular weight is 414 g/mol. The van der Waals surface area contributed by atoms with E-state index >= 15 is 0 Å². The molecule has 5 nitrogen and oxygen atoms in total. The second-order valence-corrected chi connectivity index (χ2v) is 7.28. The third kappa shape index (κ3) is 5.04. The normalized spacial score (nSPS) is 10.8. The van der Waals surface area contributed by atoms with E-state index in [0.29, 0.717) is 18.8 Å². The summed E-state index contributed by atoms with van der Waals surface area (Å²) in [6, 6.07) is 23.7. The number of hydrogen-bond donors (Lipinski definition) is 1. The van der Waals surface area contributed by atoms with E-state index in [1.165, 1.54) is 12.1 Å². The number of carbonyl (C=O) groups excluding carboxylic acids is 1. The highest BCUT2D eigenvalue weighted by Crippen LogP contribution is 2.24.